The van der Waals surface area contributed by atoms with Gasteiger partial charge < -0.3 is 14.8 Å². The van der Waals surface area contributed by atoms with Crippen LogP contribution in [-0.2, 0) is 14.3 Å². The second-order valence-corrected chi connectivity index (χ2v) is 5.03. The molecule has 1 N–H and O–H groups in total. The van der Waals surface area contributed by atoms with Crippen molar-refractivity contribution in [1.29, 1.82) is 0 Å². The van der Waals surface area contributed by atoms with Gasteiger partial charge in [-0.3, -0.25) is 4.79 Å². The summed E-state index contributed by atoms with van der Waals surface area (Å²) in [7, 11) is 1.58. The van der Waals surface area contributed by atoms with E-state index in [2.05, 4.69) is 5.32 Å². The van der Waals surface area contributed by atoms with E-state index < -0.39 is 11.7 Å². The number of methoxy groups -OCH3 is 1. The summed E-state index contributed by atoms with van der Waals surface area (Å²) < 4.78 is 10.1. The summed E-state index contributed by atoms with van der Waals surface area (Å²) in [5.41, 5.74) is -0.536. The molecule has 0 aromatic carbocycles. The largest absolute Gasteiger partial charge is 0.444 e. The number of ketones is 1. The predicted octanol–water partition coefficient (Wildman–Crippen LogP) is 1.90. The molecular weight excluding hydrogens is 222 g/mol. The molecule has 0 aromatic heterocycles. The highest BCUT2D eigenvalue weighted by Gasteiger charge is 2.20. The Balaban J connectivity index is 4.21. The van der Waals surface area contributed by atoms with E-state index >= 15 is 0 Å². The predicted molar refractivity (Wildman–Crippen MR) is 64.9 cm³/mol. The summed E-state index contributed by atoms with van der Waals surface area (Å²) in [6.45, 7) is 7.37. The molecule has 5 heteroatoms. The third kappa shape index (κ3) is 9.81. The first kappa shape index (κ1) is 15.9. The minimum absolute atomic E-state index is 0.0298. The minimum atomic E-state index is -0.536. The molecule has 0 fully saturated rings. The molecule has 17 heavy (non-hydrogen) atoms. The van der Waals surface area contributed by atoms with Crippen molar-refractivity contribution in [1.82, 2.24) is 5.32 Å². The Labute approximate surface area is 103 Å². The Morgan fingerprint density at radius 1 is 1.29 bits per heavy atom. The van der Waals surface area contributed by atoms with Crippen LogP contribution in [0.5, 0.6) is 0 Å². The average Bonchev–Trinajstić information content (AvgIpc) is 2.09. The fourth-order valence-electron chi connectivity index (χ4n) is 1.31. The normalized spacial score (nSPS) is 13.0. The maximum atomic E-state index is 11.5. The molecule has 0 saturated heterocycles. The van der Waals surface area contributed by atoms with E-state index in [9.17, 15) is 9.59 Å². The van der Waals surface area contributed by atoms with Gasteiger partial charge in [0.2, 0.25) is 0 Å². The minimum Gasteiger partial charge on any atom is -0.444 e. The van der Waals surface area contributed by atoms with Crippen molar-refractivity contribution in [3.8, 4) is 0 Å². The number of carbonyl (C=O) groups is 2. The van der Waals surface area contributed by atoms with E-state index in [0.29, 0.717) is 19.4 Å². The summed E-state index contributed by atoms with van der Waals surface area (Å²) in [6.07, 6.45) is 0.387. The lowest BCUT2D eigenvalue weighted by atomic mass is 10.1. The van der Waals surface area contributed by atoms with Gasteiger partial charge in [0.05, 0.1) is 0 Å². The van der Waals surface area contributed by atoms with Gasteiger partial charge in [0, 0.05) is 26.2 Å². The summed E-state index contributed by atoms with van der Waals surface area (Å²) in [6, 6.07) is -0.234. The summed E-state index contributed by atoms with van der Waals surface area (Å²) in [5.74, 6) is 0.0298. The van der Waals surface area contributed by atoms with Crippen molar-refractivity contribution in [3.05, 3.63) is 0 Å². The molecule has 1 unspecified atom stereocenters. The maximum Gasteiger partial charge on any atom is 0.407 e. The van der Waals surface area contributed by atoms with Gasteiger partial charge in [-0.05, 0) is 34.1 Å². The Hall–Kier alpha value is -1.10. The number of hydrogen-bond acceptors (Lipinski definition) is 4. The third-order valence-corrected chi connectivity index (χ3v) is 1.93. The van der Waals surface area contributed by atoms with Crippen molar-refractivity contribution in [2.45, 2.75) is 52.2 Å². The van der Waals surface area contributed by atoms with Crippen LogP contribution in [0, 0.1) is 0 Å². The Morgan fingerprint density at radius 3 is 2.29 bits per heavy atom. The Morgan fingerprint density at radius 2 is 1.88 bits per heavy atom. The van der Waals surface area contributed by atoms with Crippen LogP contribution in [0.4, 0.5) is 4.79 Å². The zero-order valence-electron chi connectivity index (χ0n) is 11.3. The van der Waals surface area contributed by atoms with Gasteiger partial charge in [-0.15, -0.1) is 0 Å². The third-order valence-electron chi connectivity index (χ3n) is 1.93. The van der Waals surface area contributed by atoms with E-state index in [0.717, 1.165) is 0 Å². The summed E-state index contributed by atoms with van der Waals surface area (Å²) in [4.78, 5) is 22.6. The van der Waals surface area contributed by atoms with Gasteiger partial charge >= 0.3 is 6.09 Å². The molecule has 0 heterocycles. The van der Waals surface area contributed by atoms with Crippen LogP contribution >= 0.6 is 0 Å². The van der Waals surface area contributed by atoms with Gasteiger partial charge in [0.1, 0.15) is 11.4 Å². The standard InChI is InChI=1S/C12H23NO4/c1-9(14)8-10(6-7-16-5)13-11(15)17-12(2,3)4/h10H,6-8H2,1-5H3,(H,13,15). The molecule has 0 spiro atoms. The number of Topliss-reactive ketones (excluding diaryl/α,β-unsaturated/α-hetero) is 1. The lowest BCUT2D eigenvalue weighted by Crippen LogP contribution is -2.40. The van der Waals surface area contributed by atoms with Crippen LogP contribution in [0.2, 0.25) is 0 Å². The maximum absolute atomic E-state index is 11.5. The first-order valence-corrected chi connectivity index (χ1v) is 5.72. The van der Waals surface area contributed by atoms with Crippen molar-refractivity contribution < 1.29 is 19.1 Å². The van der Waals surface area contributed by atoms with E-state index in [1.54, 1.807) is 27.9 Å². The lowest BCUT2D eigenvalue weighted by Gasteiger charge is -2.23. The molecule has 1 amide bonds. The van der Waals surface area contributed by atoms with Crippen molar-refractivity contribution in [3.63, 3.8) is 0 Å². The van der Waals surface area contributed by atoms with E-state index in [4.69, 9.17) is 9.47 Å². The van der Waals surface area contributed by atoms with Gasteiger partial charge in [0.25, 0.3) is 0 Å². The highest BCUT2D eigenvalue weighted by Crippen LogP contribution is 2.08. The first-order valence-electron chi connectivity index (χ1n) is 5.72. The molecule has 100 valence electrons. The second kappa shape index (κ2) is 7.27. The van der Waals surface area contributed by atoms with Crippen molar-refractivity contribution in [2.24, 2.45) is 0 Å². The average molecular weight is 245 g/mol. The van der Waals surface area contributed by atoms with Crippen LogP contribution < -0.4 is 5.32 Å². The summed E-state index contributed by atoms with van der Waals surface area (Å²) in [5, 5.41) is 2.68. The highest BCUT2D eigenvalue weighted by atomic mass is 16.6. The molecule has 0 aliphatic carbocycles. The van der Waals surface area contributed by atoms with Crippen molar-refractivity contribution in [2.75, 3.05) is 13.7 Å². The molecule has 0 aliphatic rings. The molecule has 0 saturated carbocycles. The molecule has 0 bridgehead atoms. The lowest BCUT2D eigenvalue weighted by molar-refractivity contribution is -0.117. The van der Waals surface area contributed by atoms with Gasteiger partial charge in [-0.1, -0.05) is 0 Å². The zero-order valence-corrected chi connectivity index (χ0v) is 11.3. The number of rotatable bonds is 6. The van der Waals surface area contributed by atoms with Crippen LogP contribution in [0.1, 0.15) is 40.5 Å². The fraction of sp³-hybridized carbons (Fsp3) is 0.833. The number of alkyl carbamates (subject to hydrolysis) is 1. The SMILES string of the molecule is COCCC(CC(C)=O)NC(=O)OC(C)(C)C. The number of amides is 1. The number of ether oxygens (including phenoxy) is 2. The van der Waals surface area contributed by atoms with E-state index in [1.807, 2.05) is 0 Å². The molecule has 5 nitrogen and oxygen atoms in total. The fourth-order valence-corrected chi connectivity index (χ4v) is 1.31. The zero-order chi connectivity index (χ0) is 13.5. The summed E-state index contributed by atoms with van der Waals surface area (Å²) >= 11 is 0. The number of nitrogens with one attached hydrogen (secondary N) is 1. The van der Waals surface area contributed by atoms with Crippen molar-refractivity contribution >= 4 is 11.9 Å². The molecule has 0 aliphatic heterocycles. The first-order chi connectivity index (χ1) is 7.74. The Bertz CT molecular complexity index is 258. The van der Waals surface area contributed by atoms with Crippen LogP contribution in [0.25, 0.3) is 0 Å². The molecule has 0 rings (SSSR count). The topological polar surface area (TPSA) is 64.6 Å². The van der Waals surface area contributed by atoms with Crippen LogP contribution in [0.15, 0.2) is 0 Å². The second-order valence-electron chi connectivity index (χ2n) is 5.03. The van der Waals surface area contributed by atoms with Gasteiger partial charge in [-0.25, -0.2) is 4.79 Å². The van der Waals surface area contributed by atoms with Gasteiger partial charge in [-0.2, -0.15) is 0 Å². The molecular formula is C12H23NO4. The Kier molecular flexibility index (Phi) is 6.80. The monoisotopic (exact) mass is 245 g/mol. The van der Waals surface area contributed by atoms with Crippen LogP contribution in [-0.4, -0.2) is 37.2 Å². The number of hydrogen-bond donors (Lipinski definition) is 1. The number of carbonyl (C=O) groups excluding carboxylic acids is 2. The van der Waals surface area contributed by atoms with Crippen LogP contribution in [0.3, 0.4) is 0 Å². The van der Waals surface area contributed by atoms with E-state index in [-0.39, 0.29) is 11.8 Å². The van der Waals surface area contributed by atoms with E-state index in [1.165, 1.54) is 6.92 Å². The molecule has 0 aromatic rings. The molecule has 1 atom stereocenters. The highest BCUT2D eigenvalue weighted by molar-refractivity contribution is 5.77. The quantitative estimate of drug-likeness (QED) is 0.776. The molecule has 0 radical (unpaired) electrons. The smallest absolute Gasteiger partial charge is 0.407 e. The van der Waals surface area contributed by atoms with Gasteiger partial charge in [0.15, 0.2) is 0 Å².